The van der Waals surface area contributed by atoms with Crippen molar-refractivity contribution in [2.24, 2.45) is 0 Å². The van der Waals surface area contributed by atoms with Gasteiger partial charge in [0.15, 0.2) is 0 Å². The monoisotopic (exact) mass is 277 g/mol. The minimum Gasteiger partial charge on any atom is -0.488 e. The Balaban J connectivity index is 1.91. The standard InChI is InChI=1S/C13H11NO4S/c15-13(16)12-5-10(14-18-12)9-3-1-2-4-11(9)17-8-6-19-7-8/h1-5,8H,6-7H2,(H,15,16). The maximum Gasteiger partial charge on any atom is 0.374 e. The molecule has 2 aromatic rings. The van der Waals surface area contributed by atoms with Crippen LogP contribution in [0.3, 0.4) is 0 Å². The van der Waals surface area contributed by atoms with E-state index in [9.17, 15) is 4.79 Å². The van der Waals surface area contributed by atoms with Crippen LogP contribution >= 0.6 is 11.8 Å². The lowest BCUT2D eigenvalue weighted by Crippen LogP contribution is -2.31. The predicted molar refractivity (Wildman–Crippen MR) is 70.6 cm³/mol. The zero-order chi connectivity index (χ0) is 13.2. The zero-order valence-electron chi connectivity index (χ0n) is 9.91. The topological polar surface area (TPSA) is 72.6 Å². The summed E-state index contributed by atoms with van der Waals surface area (Å²) in [7, 11) is 0. The van der Waals surface area contributed by atoms with Gasteiger partial charge in [-0.05, 0) is 12.1 Å². The quantitative estimate of drug-likeness (QED) is 0.925. The van der Waals surface area contributed by atoms with Crippen molar-refractivity contribution >= 4 is 17.7 Å². The van der Waals surface area contributed by atoms with E-state index in [2.05, 4.69) is 5.16 Å². The van der Waals surface area contributed by atoms with E-state index in [1.807, 2.05) is 36.0 Å². The first-order chi connectivity index (χ1) is 9.24. The fraction of sp³-hybridized carbons (Fsp3) is 0.231. The van der Waals surface area contributed by atoms with E-state index in [1.54, 1.807) is 0 Å². The van der Waals surface area contributed by atoms with Crippen LogP contribution in [0.4, 0.5) is 0 Å². The number of benzene rings is 1. The van der Waals surface area contributed by atoms with Gasteiger partial charge < -0.3 is 14.4 Å². The molecule has 0 radical (unpaired) electrons. The number of aromatic carboxylic acids is 1. The highest BCUT2D eigenvalue weighted by Gasteiger charge is 2.22. The van der Waals surface area contributed by atoms with E-state index in [0.717, 1.165) is 17.1 Å². The number of aromatic nitrogens is 1. The molecule has 1 aliphatic heterocycles. The minimum absolute atomic E-state index is 0.177. The van der Waals surface area contributed by atoms with Crippen LogP contribution in [0.1, 0.15) is 10.6 Å². The Kier molecular flexibility index (Phi) is 3.16. The van der Waals surface area contributed by atoms with Crippen LogP contribution in [0.2, 0.25) is 0 Å². The molecular formula is C13H11NO4S. The summed E-state index contributed by atoms with van der Waals surface area (Å²) in [5, 5.41) is 12.6. The third-order valence-corrected chi connectivity index (χ3v) is 4.00. The Labute approximate surface area is 113 Å². The molecular weight excluding hydrogens is 266 g/mol. The van der Waals surface area contributed by atoms with Crippen LogP contribution in [-0.4, -0.2) is 33.8 Å². The molecule has 1 N–H and O–H groups in total. The zero-order valence-corrected chi connectivity index (χ0v) is 10.7. The molecule has 5 nitrogen and oxygen atoms in total. The summed E-state index contributed by atoms with van der Waals surface area (Å²) < 4.78 is 10.6. The van der Waals surface area contributed by atoms with Crippen LogP contribution in [-0.2, 0) is 0 Å². The van der Waals surface area contributed by atoms with Gasteiger partial charge in [0.25, 0.3) is 0 Å². The summed E-state index contributed by atoms with van der Waals surface area (Å²) in [4.78, 5) is 10.8. The first kappa shape index (κ1) is 12.1. The normalized spacial score (nSPS) is 14.9. The smallest absolute Gasteiger partial charge is 0.374 e. The fourth-order valence-electron chi connectivity index (χ4n) is 1.75. The summed E-state index contributed by atoms with van der Waals surface area (Å²) in [6.07, 6.45) is 0.219. The van der Waals surface area contributed by atoms with E-state index in [0.29, 0.717) is 11.4 Å². The number of nitrogens with zero attached hydrogens (tertiary/aromatic N) is 1. The van der Waals surface area contributed by atoms with Gasteiger partial charge in [-0.1, -0.05) is 17.3 Å². The molecule has 3 rings (SSSR count). The van der Waals surface area contributed by atoms with Gasteiger partial charge in [-0.15, -0.1) is 0 Å². The second kappa shape index (κ2) is 4.97. The van der Waals surface area contributed by atoms with Crippen LogP contribution in [0.25, 0.3) is 11.3 Å². The molecule has 0 bridgehead atoms. The Morgan fingerprint density at radius 3 is 2.84 bits per heavy atom. The lowest BCUT2D eigenvalue weighted by Gasteiger charge is -2.26. The maximum absolute atomic E-state index is 10.8. The average molecular weight is 277 g/mol. The van der Waals surface area contributed by atoms with Gasteiger partial charge in [0.1, 0.15) is 17.5 Å². The van der Waals surface area contributed by atoms with Crippen molar-refractivity contribution in [3.63, 3.8) is 0 Å². The third kappa shape index (κ3) is 2.44. The molecule has 0 spiro atoms. The molecule has 0 atom stereocenters. The van der Waals surface area contributed by atoms with Crippen molar-refractivity contribution in [3.05, 3.63) is 36.1 Å². The molecule has 0 aliphatic carbocycles. The Bertz CT molecular complexity index is 606. The number of thioether (sulfide) groups is 1. The summed E-state index contributed by atoms with van der Waals surface area (Å²) in [5.74, 6) is 1.36. The number of carboxylic acid groups (broad SMARTS) is 1. The molecule has 2 heterocycles. The van der Waals surface area contributed by atoms with Crippen LogP contribution in [0.5, 0.6) is 5.75 Å². The lowest BCUT2D eigenvalue weighted by atomic mass is 10.1. The predicted octanol–water partition coefficient (Wildman–Crippen LogP) is 2.53. The first-order valence-electron chi connectivity index (χ1n) is 5.78. The van der Waals surface area contributed by atoms with E-state index in [1.165, 1.54) is 6.07 Å². The molecule has 1 saturated heterocycles. The van der Waals surface area contributed by atoms with E-state index < -0.39 is 5.97 Å². The van der Waals surface area contributed by atoms with Gasteiger partial charge in [0, 0.05) is 23.1 Å². The highest BCUT2D eigenvalue weighted by Crippen LogP contribution is 2.32. The molecule has 98 valence electrons. The maximum atomic E-state index is 10.8. The van der Waals surface area contributed by atoms with Crippen LogP contribution in [0, 0.1) is 0 Å². The molecule has 1 aromatic heterocycles. The fourth-order valence-corrected chi connectivity index (χ4v) is 2.31. The molecule has 0 unspecified atom stereocenters. The lowest BCUT2D eigenvalue weighted by molar-refractivity contribution is 0.0652. The van der Waals surface area contributed by atoms with Crippen molar-refractivity contribution in [1.29, 1.82) is 0 Å². The molecule has 6 heteroatoms. The second-order valence-corrected chi connectivity index (χ2v) is 5.23. The Hall–Kier alpha value is -1.95. The highest BCUT2D eigenvalue weighted by atomic mass is 32.2. The van der Waals surface area contributed by atoms with Crippen molar-refractivity contribution in [2.75, 3.05) is 11.5 Å². The number of carbonyl (C=O) groups is 1. The number of ether oxygens (including phenoxy) is 1. The third-order valence-electron chi connectivity index (χ3n) is 2.79. The minimum atomic E-state index is -1.13. The molecule has 1 aliphatic rings. The molecule has 0 saturated carbocycles. The van der Waals surface area contributed by atoms with Crippen molar-refractivity contribution in [3.8, 4) is 17.0 Å². The van der Waals surface area contributed by atoms with Gasteiger partial charge in [0.05, 0.1) is 0 Å². The number of hydrogen-bond donors (Lipinski definition) is 1. The molecule has 1 fully saturated rings. The van der Waals surface area contributed by atoms with E-state index in [4.69, 9.17) is 14.4 Å². The summed E-state index contributed by atoms with van der Waals surface area (Å²) in [6.45, 7) is 0. The van der Waals surface area contributed by atoms with Gasteiger partial charge in [-0.2, -0.15) is 11.8 Å². The molecule has 19 heavy (non-hydrogen) atoms. The largest absolute Gasteiger partial charge is 0.488 e. The summed E-state index contributed by atoms with van der Waals surface area (Å²) in [5.41, 5.74) is 1.22. The van der Waals surface area contributed by atoms with Gasteiger partial charge >= 0.3 is 5.97 Å². The highest BCUT2D eigenvalue weighted by molar-refractivity contribution is 8.00. The average Bonchev–Trinajstić information content (AvgIpc) is 2.84. The first-order valence-corrected chi connectivity index (χ1v) is 6.93. The summed E-state index contributed by atoms with van der Waals surface area (Å²) >= 11 is 1.84. The van der Waals surface area contributed by atoms with Crippen molar-refractivity contribution < 1.29 is 19.2 Å². The number of carboxylic acids is 1. The molecule has 0 amide bonds. The van der Waals surface area contributed by atoms with E-state index >= 15 is 0 Å². The van der Waals surface area contributed by atoms with Crippen molar-refractivity contribution in [1.82, 2.24) is 5.16 Å². The SMILES string of the molecule is O=C(O)c1cc(-c2ccccc2OC2CSC2)no1. The van der Waals surface area contributed by atoms with E-state index in [-0.39, 0.29) is 11.9 Å². The number of para-hydroxylation sites is 1. The Morgan fingerprint density at radius 1 is 1.42 bits per heavy atom. The van der Waals surface area contributed by atoms with Crippen molar-refractivity contribution in [2.45, 2.75) is 6.10 Å². The second-order valence-electron chi connectivity index (χ2n) is 4.16. The van der Waals surface area contributed by atoms with Gasteiger partial charge in [-0.3, -0.25) is 0 Å². The Morgan fingerprint density at radius 2 is 2.21 bits per heavy atom. The van der Waals surface area contributed by atoms with Crippen LogP contribution in [0.15, 0.2) is 34.9 Å². The number of hydrogen-bond acceptors (Lipinski definition) is 5. The molecule has 1 aromatic carbocycles. The summed E-state index contributed by atoms with van der Waals surface area (Å²) in [6, 6.07) is 8.83. The number of rotatable bonds is 4. The van der Waals surface area contributed by atoms with Gasteiger partial charge in [0.2, 0.25) is 5.76 Å². The van der Waals surface area contributed by atoms with Crippen LogP contribution < -0.4 is 4.74 Å². The van der Waals surface area contributed by atoms with Gasteiger partial charge in [-0.25, -0.2) is 4.79 Å².